The Bertz CT molecular complexity index is 1980. The van der Waals surface area contributed by atoms with Gasteiger partial charge in [0, 0.05) is 17.0 Å². The third-order valence-corrected chi connectivity index (χ3v) is 7.47. The van der Waals surface area contributed by atoms with Crippen molar-refractivity contribution in [1.29, 1.82) is 0 Å². The maximum atomic E-state index is 6.58. The standard InChI is InChI=1S/C36H30N2O3.Pt/c1-35(2,3)23-19-26(22-17-29-33-30(18-22)40-28-14-10-13-27(39-29)32(28)33)37-31(20-23)41-34-24(36(4,5)6)15-16-25(38-34)21-11-8-7-9-12-21;/h7-11,13-17,19-20H,1-6H3;/q-2;+2. The van der Waals surface area contributed by atoms with Crippen LogP contribution in [0.4, 0.5) is 0 Å². The minimum Gasteiger partial charge on any atom is -0.476 e. The fraction of sp³-hybridized carbons (Fsp3) is 0.222. The molecule has 3 aromatic carbocycles. The van der Waals surface area contributed by atoms with E-state index < -0.39 is 0 Å². The Kier molecular flexibility index (Phi) is 6.78. The Morgan fingerprint density at radius 1 is 0.690 bits per heavy atom. The van der Waals surface area contributed by atoms with Crippen molar-refractivity contribution in [3.05, 3.63) is 96.1 Å². The van der Waals surface area contributed by atoms with Gasteiger partial charge in [-0.3, -0.25) is 9.97 Å². The molecule has 42 heavy (non-hydrogen) atoms. The molecule has 4 heterocycles. The van der Waals surface area contributed by atoms with Crippen molar-refractivity contribution < 1.29 is 34.6 Å². The number of furan rings is 2. The number of rotatable bonds is 4. The average molecular weight is 734 g/mol. The minimum absolute atomic E-state index is 0. The molecular formula is C36H30N2O3Pt. The summed E-state index contributed by atoms with van der Waals surface area (Å²) in [6.07, 6.45) is 0. The van der Waals surface area contributed by atoms with Crippen LogP contribution in [-0.2, 0) is 31.9 Å². The van der Waals surface area contributed by atoms with Crippen molar-refractivity contribution in [2.45, 2.75) is 52.4 Å². The van der Waals surface area contributed by atoms with Crippen molar-refractivity contribution >= 4 is 33.1 Å². The second-order valence-corrected chi connectivity index (χ2v) is 12.6. The summed E-state index contributed by atoms with van der Waals surface area (Å²) in [7, 11) is 0. The first kappa shape index (κ1) is 28.2. The van der Waals surface area contributed by atoms with E-state index in [0.29, 0.717) is 17.3 Å². The van der Waals surface area contributed by atoms with E-state index in [4.69, 9.17) is 23.5 Å². The Labute approximate surface area is 259 Å². The van der Waals surface area contributed by atoms with E-state index in [1.54, 1.807) is 0 Å². The van der Waals surface area contributed by atoms with E-state index in [9.17, 15) is 0 Å². The molecule has 0 fully saturated rings. The van der Waals surface area contributed by atoms with E-state index in [0.717, 1.165) is 61.2 Å². The van der Waals surface area contributed by atoms with E-state index >= 15 is 0 Å². The van der Waals surface area contributed by atoms with Crippen LogP contribution in [0.5, 0.6) is 11.8 Å². The van der Waals surface area contributed by atoms with Gasteiger partial charge in [0.25, 0.3) is 0 Å². The Morgan fingerprint density at radius 2 is 1.48 bits per heavy atom. The van der Waals surface area contributed by atoms with E-state index in [2.05, 4.69) is 65.8 Å². The van der Waals surface area contributed by atoms with Crippen molar-refractivity contribution in [2.75, 3.05) is 0 Å². The SMILES string of the molecule is CC(C)(C)c1cc(Oc2nc(-c3[c-]cccc3)ccc2C(C)(C)C)nc(-c2[c-]c3oc4cccc5oc(c2)c3c45)c1.[Pt+2]. The number of benzene rings is 3. The summed E-state index contributed by atoms with van der Waals surface area (Å²) in [5, 5.41) is 1.95. The van der Waals surface area contributed by atoms with Gasteiger partial charge in [-0.15, -0.1) is 41.5 Å². The molecule has 0 atom stereocenters. The van der Waals surface area contributed by atoms with Gasteiger partial charge in [0.1, 0.15) is 11.2 Å². The van der Waals surface area contributed by atoms with Gasteiger partial charge in [-0.05, 0) is 45.3 Å². The molecule has 0 amide bonds. The largest absolute Gasteiger partial charge is 2.00 e. The summed E-state index contributed by atoms with van der Waals surface area (Å²) in [6, 6.07) is 30.6. The van der Waals surface area contributed by atoms with Gasteiger partial charge in [0.05, 0.1) is 11.2 Å². The number of aromatic nitrogens is 2. The van der Waals surface area contributed by atoms with Gasteiger partial charge in [0.15, 0.2) is 0 Å². The predicted octanol–water partition coefficient (Wildman–Crippen LogP) is 9.88. The van der Waals surface area contributed by atoms with Crippen molar-refractivity contribution in [3.8, 4) is 34.3 Å². The van der Waals surface area contributed by atoms with Crippen LogP contribution >= 0.6 is 0 Å². The molecule has 0 radical (unpaired) electrons. The molecule has 0 spiro atoms. The molecule has 0 saturated carbocycles. The third kappa shape index (κ3) is 4.90. The van der Waals surface area contributed by atoms with Crippen molar-refractivity contribution in [1.82, 2.24) is 9.97 Å². The summed E-state index contributed by atoms with van der Waals surface area (Å²) >= 11 is 0. The summed E-state index contributed by atoms with van der Waals surface area (Å²) in [5.74, 6) is 0.998. The van der Waals surface area contributed by atoms with Gasteiger partial charge < -0.3 is 13.6 Å². The van der Waals surface area contributed by atoms with Crippen LogP contribution in [0.1, 0.15) is 52.7 Å². The molecule has 7 aromatic rings. The maximum absolute atomic E-state index is 6.58. The fourth-order valence-corrected chi connectivity index (χ4v) is 5.24. The van der Waals surface area contributed by atoms with Crippen molar-refractivity contribution in [2.24, 2.45) is 0 Å². The summed E-state index contributed by atoms with van der Waals surface area (Å²) in [5.41, 5.74) is 7.95. The molecule has 7 rings (SSSR count). The molecule has 212 valence electrons. The van der Waals surface area contributed by atoms with Crippen LogP contribution in [-0.4, -0.2) is 9.97 Å². The molecule has 0 saturated heterocycles. The van der Waals surface area contributed by atoms with E-state index in [-0.39, 0.29) is 31.9 Å². The van der Waals surface area contributed by atoms with Crippen LogP contribution in [0, 0.1) is 12.1 Å². The third-order valence-electron chi connectivity index (χ3n) is 7.47. The zero-order chi connectivity index (χ0) is 28.5. The van der Waals surface area contributed by atoms with Crippen LogP contribution in [0.25, 0.3) is 55.6 Å². The first-order valence-corrected chi connectivity index (χ1v) is 13.8. The van der Waals surface area contributed by atoms with Crippen LogP contribution in [0.15, 0.2) is 81.6 Å². The minimum atomic E-state index is -0.189. The fourth-order valence-electron chi connectivity index (χ4n) is 5.24. The number of hydrogen-bond donors (Lipinski definition) is 0. The van der Waals surface area contributed by atoms with Gasteiger partial charge in [-0.1, -0.05) is 77.9 Å². The second kappa shape index (κ2) is 10.1. The maximum Gasteiger partial charge on any atom is 2.00 e. The number of pyridine rings is 2. The zero-order valence-corrected chi connectivity index (χ0v) is 26.6. The van der Waals surface area contributed by atoms with Crippen molar-refractivity contribution in [3.63, 3.8) is 0 Å². The average Bonchev–Trinajstić information content (AvgIpc) is 3.51. The summed E-state index contributed by atoms with van der Waals surface area (Å²) < 4.78 is 18.9. The first-order valence-electron chi connectivity index (χ1n) is 13.8. The smallest absolute Gasteiger partial charge is 0.476 e. The molecular weight excluding hydrogens is 703 g/mol. The predicted molar refractivity (Wildman–Crippen MR) is 163 cm³/mol. The Hall–Kier alpha value is -3.95. The number of hydrogen-bond acceptors (Lipinski definition) is 5. The van der Waals surface area contributed by atoms with E-state index in [1.165, 1.54) is 0 Å². The molecule has 0 aliphatic carbocycles. The normalized spacial score (nSPS) is 12.3. The molecule has 0 bridgehead atoms. The molecule has 6 heteroatoms. The molecule has 0 N–H and O–H groups in total. The molecule has 4 aromatic heterocycles. The van der Waals surface area contributed by atoms with Crippen LogP contribution in [0.3, 0.4) is 0 Å². The molecule has 5 nitrogen and oxygen atoms in total. The molecule has 0 unspecified atom stereocenters. The number of ether oxygens (including phenoxy) is 1. The Balaban J connectivity index is 0.00000316. The van der Waals surface area contributed by atoms with Gasteiger partial charge in [-0.2, -0.15) is 0 Å². The first-order chi connectivity index (χ1) is 19.5. The summed E-state index contributed by atoms with van der Waals surface area (Å²) in [4.78, 5) is 9.92. The van der Waals surface area contributed by atoms with E-state index in [1.807, 2.05) is 60.7 Å². The van der Waals surface area contributed by atoms with Gasteiger partial charge in [-0.25, -0.2) is 0 Å². The monoisotopic (exact) mass is 733 g/mol. The quantitative estimate of drug-likeness (QED) is 0.169. The Morgan fingerprint density at radius 3 is 2.19 bits per heavy atom. The second-order valence-electron chi connectivity index (χ2n) is 12.6. The molecule has 0 aliphatic rings. The van der Waals surface area contributed by atoms with Gasteiger partial charge >= 0.3 is 21.1 Å². The van der Waals surface area contributed by atoms with Gasteiger partial charge in [0.2, 0.25) is 11.8 Å². The van der Waals surface area contributed by atoms with Crippen LogP contribution in [0.2, 0.25) is 0 Å². The zero-order valence-electron chi connectivity index (χ0n) is 24.4. The summed E-state index contributed by atoms with van der Waals surface area (Å²) in [6.45, 7) is 13.0. The number of nitrogens with zero attached hydrogens (tertiary/aromatic N) is 2. The topological polar surface area (TPSA) is 61.3 Å². The van der Waals surface area contributed by atoms with Crippen LogP contribution < -0.4 is 4.74 Å². The molecule has 0 aliphatic heterocycles.